The molecule has 3 rings (SSSR count). The zero-order valence-corrected chi connectivity index (χ0v) is 15.6. The summed E-state index contributed by atoms with van der Waals surface area (Å²) in [5.41, 5.74) is 0.721. The Morgan fingerprint density at radius 1 is 1.19 bits per heavy atom. The predicted molar refractivity (Wildman–Crippen MR) is 100 cm³/mol. The molecule has 0 fully saturated rings. The number of rotatable bonds is 6. The van der Waals surface area contributed by atoms with Crippen molar-refractivity contribution < 1.29 is 14.7 Å². The van der Waals surface area contributed by atoms with Gasteiger partial charge in [0.05, 0.1) is 6.54 Å². The summed E-state index contributed by atoms with van der Waals surface area (Å²) in [5.74, 6) is -1.39. The van der Waals surface area contributed by atoms with E-state index in [0.717, 1.165) is 5.56 Å². The van der Waals surface area contributed by atoms with Crippen LogP contribution < -0.4 is 5.32 Å². The summed E-state index contributed by atoms with van der Waals surface area (Å²) >= 11 is 12.3. The second kappa shape index (κ2) is 7.81. The number of nitrogens with one attached hydrogen (secondary N) is 1. The molecule has 1 unspecified atom stereocenters. The van der Waals surface area contributed by atoms with E-state index in [1.54, 1.807) is 23.9 Å². The summed E-state index contributed by atoms with van der Waals surface area (Å²) in [4.78, 5) is 23.3. The van der Waals surface area contributed by atoms with E-state index in [0.29, 0.717) is 11.6 Å². The second-order valence-electron chi connectivity index (χ2n) is 5.77. The number of halogens is 2. The van der Waals surface area contributed by atoms with Crippen LogP contribution in [0, 0.1) is 0 Å². The summed E-state index contributed by atoms with van der Waals surface area (Å²) in [6.45, 7) is 1.98. The Morgan fingerprint density at radius 3 is 2.59 bits per heavy atom. The summed E-state index contributed by atoms with van der Waals surface area (Å²) in [6.07, 6.45) is 3.01. The van der Waals surface area contributed by atoms with Crippen LogP contribution in [0.4, 0.5) is 5.82 Å². The van der Waals surface area contributed by atoms with E-state index in [1.807, 2.05) is 18.2 Å². The van der Waals surface area contributed by atoms with E-state index in [1.165, 1.54) is 16.9 Å². The van der Waals surface area contributed by atoms with Gasteiger partial charge in [-0.3, -0.25) is 14.2 Å². The Balaban J connectivity index is 1.71. The number of carboxylic acids is 1. The monoisotopic (exact) mass is 407 g/mol. The first-order chi connectivity index (χ1) is 12.8. The molecule has 0 radical (unpaired) electrons. The van der Waals surface area contributed by atoms with E-state index < -0.39 is 17.9 Å². The Labute approximate surface area is 164 Å². The van der Waals surface area contributed by atoms with E-state index in [4.69, 9.17) is 28.3 Å². The van der Waals surface area contributed by atoms with E-state index >= 15 is 0 Å². The highest BCUT2D eigenvalue weighted by Gasteiger charge is 2.20. The van der Waals surface area contributed by atoms with Crippen molar-refractivity contribution in [2.75, 3.05) is 5.32 Å². The number of hydrogen-bond acceptors (Lipinski definition) is 4. The van der Waals surface area contributed by atoms with Gasteiger partial charge in [-0.25, -0.2) is 4.79 Å². The van der Waals surface area contributed by atoms with Crippen molar-refractivity contribution in [2.24, 2.45) is 0 Å². The lowest BCUT2D eigenvalue weighted by Gasteiger charge is -2.11. The standard InChI is InChI=1S/C17H15Cl2N5O3/c1-10(24-7-6-14(21-24)17(26)27)16(25)20-15-13(19)9-23(22-15)8-11-4-2-3-5-12(11)18/h2-7,9-10H,8H2,1H3,(H,26,27)(H,20,22,25). The van der Waals surface area contributed by atoms with Gasteiger partial charge in [-0.1, -0.05) is 41.4 Å². The average molecular weight is 408 g/mol. The number of amides is 1. The van der Waals surface area contributed by atoms with Crippen molar-refractivity contribution in [1.29, 1.82) is 0 Å². The minimum Gasteiger partial charge on any atom is -0.476 e. The summed E-state index contributed by atoms with van der Waals surface area (Å²) in [7, 11) is 0. The molecule has 1 amide bonds. The van der Waals surface area contributed by atoms with Gasteiger partial charge in [-0.15, -0.1) is 0 Å². The maximum absolute atomic E-state index is 12.4. The molecule has 0 saturated carbocycles. The highest BCUT2D eigenvalue weighted by Crippen LogP contribution is 2.23. The summed E-state index contributed by atoms with van der Waals surface area (Å²) in [6, 6.07) is 7.92. The van der Waals surface area contributed by atoms with Gasteiger partial charge in [-0.05, 0) is 24.6 Å². The van der Waals surface area contributed by atoms with Crippen LogP contribution in [-0.2, 0) is 11.3 Å². The molecule has 2 aromatic heterocycles. The molecule has 8 nitrogen and oxygen atoms in total. The Kier molecular flexibility index (Phi) is 5.48. The maximum atomic E-state index is 12.4. The van der Waals surface area contributed by atoms with Crippen LogP contribution in [0.5, 0.6) is 0 Å². The molecule has 2 heterocycles. The smallest absolute Gasteiger partial charge is 0.356 e. The van der Waals surface area contributed by atoms with Crippen LogP contribution in [0.15, 0.2) is 42.7 Å². The zero-order valence-electron chi connectivity index (χ0n) is 14.1. The molecule has 0 saturated heterocycles. The molecular formula is C17H15Cl2N5O3. The van der Waals surface area contributed by atoms with E-state index in [9.17, 15) is 9.59 Å². The fourth-order valence-corrected chi connectivity index (χ4v) is 2.77. The largest absolute Gasteiger partial charge is 0.476 e. The van der Waals surface area contributed by atoms with Crippen LogP contribution in [0.25, 0.3) is 0 Å². The maximum Gasteiger partial charge on any atom is 0.356 e. The number of hydrogen-bond donors (Lipinski definition) is 2. The normalized spacial score (nSPS) is 12.0. The van der Waals surface area contributed by atoms with Crippen molar-refractivity contribution in [3.8, 4) is 0 Å². The van der Waals surface area contributed by atoms with Crippen LogP contribution in [0.1, 0.15) is 29.0 Å². The molecule has 140 valence electrons. The second-order valence-corrected chi connectivity index (χ2v) is 6.58. The fourth-order valence-electron chi connectivity index (χ4n) is 2.37. The minimum atomic E-state index is -1.16. The van der Waals surface area contributed by atoms with Gasteiger partial charge in [0.1, 0.15) is 11.1 Å². The number of carboxylic acid groups (broad SMARTS) is 1. The first-order valence-electron chi connectivity index (χ1n) is 7.91. The predicted octanol–water partition coefficient (Wildman–Crippen LogP) is 3.33. The average Bonchev–Trinajstić information content (AvgIpc) is 3.24. The SMILES string of the molecule is CC(C(=O)Nc1nn(Cc2ccccc2Cl)cc1Cl)n1ccc(C(=O)O)n1. The van der Waals surface area contributed by atoms with Crippen molar-refractivity contribution in [3.63, 3.8) is 0 Å². The first-order valence-corrected chi connectivity index (χ1v) is 8.66. The third kappa shape index (κ3) is 4.29. The summed E-state index contributed by atoms with van der Waals surface area (Å²) in [5, 5.41) is 20.5. The van der Waals surface area contributed by atoms with E-state index in [2.05, 4.69) is 15.5 Å². The Bertz CT molecular complexity index is 998. The first kappa shape index (κ1) is 18.9. The van der Waals surface area contributed by atoms with Crippen LogP contribution in [0.3, 0.4) is 0 Å². The van der Waals surface area contributed by atoms with Crippen molar-refractivity contribution >= 4 is 40.9 Å². The molecule has 3 aromatic rings. The number of aromatic nitrogens is 4. The molecule has 0 aliphatic heterocycles. The summed E-state index contributed by atoms with van der Waals surface area (Å²) < 4.78 is 2.83. The quantitative estimate of drug-likeness (QED) is 0.652. The third-order valence-corrected chi connectivity index (χ3v) is 4.50. The molecule has 27 heavy (non-hydrogen) atoms. The molecule has 10 heteroatoms. The fraction of sp³-hybridized carbons (Fsp3) is 0.176. The van der Waals surface area contributed by atoms with E-state index in [-0.39, 0.29) is 16.5 Å². The van der Waals surface area contributed by atoms with Crippen LogP contribution >= 0.6 is 23.2 Å². The molecule has 0 spiro atoms. The van der Waals surface area contributed by atoms with Gasteiger partial charge in [0.25, 0.3) is 0 Å². The molecule has 2 N–H and O–H groups in total. The Hall–Kier alpha value is -2.84. The highest BCUT2D eigenvalue weighted by molar-refractivity contribution is 6.33. The zero-order chi connectivity index (χ0) is 19.6. The van der Waals surface area contributed by atoms with Crippen molar-refractivity contribution in [3.05, 3.63) is 64.0 Å². The van der Waals surface area contributed by atoms with Crippen molar-refractivity contribution in [1.82, 2.24) is 19.6 Å². The van der Waals surface area contributed by atoms with Crippen LogP contribution in [0.2, 0.25) is 10.0 Å². The number of carbonyl (C=O) groups is 2. The van der Waals surface area contributed by atoms with Gasteiger partial charge in [0, 0.05) is 17.4 Å². The lowest BCUT2D eigenvalue weighted by atomic mass is 10.2. The van der Waals surface area contributed by atoms with Gasteiger partial charge < -0.3 is 10.4 Å². The third-order valence-electron chi connectivity index (χ3n) is 3.85. The molecule has 1 atom stereocenters. The molecule has 0 bridgehead atoms. The Morgan fingerprint density at radius 2 is 1.93 bits per heavy atom. The number of nitrogens with zero attached hydrogens (tertiary/aromatic N) is 4. The number of aromatic carboxylic acids is 1. The molecular weight excluding hydrogens is 393 g/mol. The molecule has 0 aliphatic rings. The van der Waals surface area contributed by atoms with Gasteiger partial charge in [0.15, 0.2) is 11.5 Å². The van der Waals surface area contributed by atoms with Gasteiger partial charge in [0.2, 0.25) is 5.91 Å². The molecule has 1 aromatic carbocycles. The number of anilines is 1. The van der Waals surface area contributed by atoms with Crippen LogP contribution in [-0.4, -0.2) is 36.5 Å². The number of benzene rings is 1. The van der Waals surface area contributed by atoms with Gasteiger partial charge >= 0.3 is 5.97 Å². The molecule has 0 aliphatic carbocycles. The lowest BCUT2D eigenvalue weighted by Crippen LogP contribution is -2.24. The lowest BCUT2D eigenvalue weighted by molar-refractivity contribution is -0.119. The highest BCUT2D eigenvalue weighted by atomic mass is 35.5. The number of carbonyl (C=O) groups excluding carboxylic acids is 1. The van der Waals surface area contributed by atoms with Crippen molar-refractivity contribution in [2.45, 2.75) is 19.5 Å². The topological polar surface area (TPSA) is 102 Å². The minimum absolute atomic E-state index is 0.142. The van der Waals surface area contributed by atoms with Gasteiger partial charge in [-0.2, -0.15) is 10.2 Å².